The highest BCUT2D eigenvalue weighted by atomic mass is 19.1. The molecule has 4 aromatic heterocycles. The Morgan fingerprint density at radius 3 is 2.60 bits per heavy atom. The quantitative estimate of drug-likeness (QED) is 0.498. The predicted octanol–water partition coefficient (Wildman–Crippen LogP) is 4.40. The van der Waals surface area contributed by atoms with Gasteiger partial charge in [0.15, 0.2) is 0 Å². The molecule has 0 spiro atoms. The molecule has 0 unspecified atom stereocenters. The first-order chi connectivity index (χ1) is 14.7. The van der Waals surface area contributed by atoms with Crippen molar-refractivity contribution in [3.05, 3.63) is 90.6 Å². The van der Waals surface area contributed by atoms with Gasteiger partial charge in [0.05, 0.1) is 17.6 Å². The minimum absolute atomic E-state index is 0.314. The molecule has 4 aromatic rings. The summed E-state index contributed by atoms with van der Waals surface area (Å²) in [5.41, 5.74) is 2.94. The number of nitrogens with one attached hydrogen (secondary N) is 2. The van der Waals surface area contributed by atoms with Crippen LogP contribution >= 0.6 is 0 Å². The van der Waals surface area contributed by atoms with Crippen LogP contribution in [0.5, 0.6) is 0 Å². The average molecular weight is 400 g/mol. The number of hydrogen-bond donors (Lipinski definition) is 2. The van der Waals surface area contributed by atoms with Crippen molar-refractivity contribution < 1.29 is 9.18 Å². The minimum atomic E-state index is -0.573. The second kappa shape index (κ2) is 8.87. The highest BCUT2D eigenvalue weighted by molar-refractivity contribution is 6.06. The Bertz CT molecular complexity index is 1150. The van der Waals surface area contributed by atoms with Gasteiger partial charge in [-0.1, -0.05) is 12.1 Å². The lowest BCUT2D eigenvalue weighted by molar-refractivity contribution is 0.102. The van der Waals surface area contributed by atoms with Crippen LogP contribution < -0.4 is 10.6 Å². The van der Waals surface area contributed by atoms with Gasteiger partial charge in [-0.3, -0.25) is 14.8 Å². The first-order valence-electron chi connectivity index (χ1n) is 9.13. The largest absolute Gasteiger partial charge is 0.325 e. The van der Waals surface area contributed by atoms with Crippen LogP contribution in [0.1, 0.15) is 15.9 Å². The molecule has 4 rings (SSSR count). The van der Waals surface area contributed by atoms with Gasteiger partial charge in [0.25, 0.3) is 5.91 Å². The van der Waals surface area contributed by atoms with Crippen LogP contribution in [0.3, 0.4) is 0 Å². The topological polar surface area (TPSA) is 92.7 Å². The summed E-state index contributed by atoms with van der Waals surface area (Å²) in [5, 5.41) is 5.88. The van der Waals surface area contributed by atoms with Crippen molar-refractivity contribution >= 4 is 23.2 Å². The van der Waals surface area contributed by atoms with Crippen molar-refractivity contribution in [2.75, 3.05) is 10.6 Å². The molecule has 0 saturated carbocycles. The summed E-state index contributed by atoms with van der Waals surface area (Å²) in [6, 6.07) is 13.9. The normalized spacial score (nSPS) is 10.4. The number of hydrogen-bond acceptors (Lipinski definition) is 6. The molecule has 0 aromatic carbocycles. The summed E-state index contributed by atoms with van der Waals surface area (Å²) < 4.78 is 12.6. The monoisotopic (exact) mass is 400 g/mol. The number of alkyl halides is 1. The molecular weight excluding hydrogens is 383 g/mol. The van der Waals surface area contributed by atoms with E-state index in [1.54, 1.807) is 48.9 Å². The first kappa shape index (κ1) is 19.1. The Labute approximate surface area is 172 Å². The fourth-order valence-corrected chi connectivity index (χ4v) is 2.78. The van der Waals surface area contributed by atoms with E-state index in [9.17, 15) is 9.18 Å². The van der Waals surface area contributed by atoms with Crippen LogP contribution in [0.4, 0.5) is 21.7 Å². The lowest BCUT2D eigenvalue weighted by Gasteiger charge is -2.11. The van der Waals surface area contributed by atoms with E-state index in [2.05, 4.69) is 30.6 Å². The smallest absolute Gasteiger partial charge is 0.255 e. The van der Waals surface area contributed by atoms with E-state index < -0.39 is 6.67 Å². The summed E-state index contributed by atoms with van der Waals surface area (Å²) >= 11 is 0. The number of rotatable bonds is 6. The number of nitrogens with zero attached hydrogens (tertiary/aromatic N) is 4. The summed E-state index contributed by atoms with van der Waals surface area (Å²) in [6.45, 7) is -0.573. The van der Waals surface area contributed by atoms with E-state index in [0.29, 0.717) is 28.5 Å². The molecular formula is C22H17FN6O. The molecule has 8 heteroatoms. The highest BCUT2D eigenvalue weighted by Crippen LogP contribution is 2.25. The molecule has 2 N–H and O–H groups in total. The molecule has 7 nitrogen and oxygen atoms in total. The van der Waals surface area contributed by atoms with Gasteiger partial charge < -0.3 is 10.6 Å². The molecule has 30 heavy (non-hydrogen) atoms. The molecule has 0 aliphatic rings. The fourth-order valence-electron chi connectivity index (χ4n) is 2.78. The zero-order valence-electron chi connectivity index (χ0n) is 15.8. The van der Waals surface area contributed by atoms with Gasteiger partial charge in [-0.25, -0.2) is 14.4 Å². The van der Waals surface area contributed by atoms with Crippen LogP contribution in [-0.4, -0.2) is 25.8 Å². The van der Waals surface area contributed by atoms with Crippen LogP contribution in [0.25, 0.3) is 11.3 Å². The predicted molar refractivity (Wildman–Crippen MR) is 112 cm³/mol. The van der Waals surface area contributed by atoms with E-state index >= 15 is 0 Å². The Morgan fingerprint density at radius 2 is 1.83 bits per heavy atom. The third kappa shape index (κ3) is 4.44. The Kier molecular flexibility index (Phi) is 5.66. The van der Waals surface area contributed by atoms with Crippen LogP contribution in [-0.2, 0) is 6.67 Å². The maximum atomic E-state index is 12.8. The van der Waals surface area contributed by atoms with E-state index in [0.717, 1.165) is 11.3 Å². The van der Waals surface area contributed by atoms with Gasteiger partial charge in [0.1, 0.15) is 18.3 Å². The number of aromatic nitrogens is 4. The van der Waals surface area contributed by atoms with Crippen molar-refractivity contribution in [3.63, 3.8) is 0 Å². The SMILES string of the molecule is O=C(Nc1cnccc1-c1ccccn1)c1ccnc(Nc2ccc(CF)cn2)c1. The van der Waals surface area contributed by atoms with Gasteiger partial charge in [0.2, 0.25) is 0 Å². The van der Waals surface area contributed by atoms with Crippen molar-refractivity contribution in [1.29, 1.82) is 0 Å². The van der Waals surface area contributed by atoms with Gasteiger partial charge in [-0.15, -0.1) is 0 Å². The molecule has 4 heterocycles. The number of carbonyl (C=O) groups is 1. The van der Waals surface area contributed by atoms with E-state index in [1.807, 2.05) is 18.2 Å². The van der Waals surface area contributed by atoms with Crippen molar-refractivity contribution in [1.82, 2.24) is 19.9 Å². The molecule has 0 saturated heterocycles. The zero-order chi connectivity index (χ0) is 20.8. The second-order valence-corrected chi connectivity index (χ2v) is 6.33. The van der Waals surface area contributed by atoms with Gasteiger partial charge >= 0.3 is 0 Å². The van der Waals surface area contributed by atoms with Crippen LogP contribution in [0.2, 0.25) is 0 Å². The highest BCUT2D eigenvalue weighted by Gasteiger charge is 2.12. The molecule has 0 fully saturated rings. The van der Waals surface area contributed by atoms with Crippen LogP contribution in [0.15, 0.2) is 79.5 Å². The molecule has 0 radical (unpaired) electrons. The van der Waals surface area contributed by atoms with Crippen molar-refractivity contribution in [2.24, 2.45) is 0 Å². The van der Waals surface area contributed by atoms with Gasteiger partial charge in [0, 0.05) is 41.5 Å². The number of halogens is 1. The molecule has 0 aliphatic carbocycles. The fraction of sp³-hybridized carbons (Fsp3) is 0.0455. The van der Waals surface area contributed by atoms with Crippen LogP contribution in [0, 0.1) is 0 Å². The molecule has 1 amide bonds. The average Bonchev–Trinajstić information content (AvgIpc) is 2.81. The first-order valence-corrected chi connectivity index (χ1v) is 9.13. The number of amides is 1. The van der Waals surface area contributed by atoms with E-state index in [-0.39, 0.29) is 5.91 Å². The molecule has 0 atom stereocenters. The lowest BCUT2D eigenvalue weighted by atomic mass is 10.1. The molecule has 0 aliphatic heterocycles. The summed E-state index contributed by atoms with van der Waals surface area (Å²) in [5.74, 6) is 0.632. The third-order valence-electron chi connectivity index (χ3n) is 4.27. The molecule has 0 bridgehead atoms. The van der Waals surface area contributed by atoms with Crippen molar-refractivity contribution in [3.8, 4) is 11.3 Å². The zero-order valence-corrected chi connectivity index (χ0v) is 15.8. The summed E-state index contributed by atoms with van der Waals surface area (Å²) in [7, 11) is 0. The summed E-state index contributed by atoms with van der Waals surface area (Å²) in [4.78, 5) is 29.6. The Morgan fingerprint density at radius 1 is 0.900 bits per heavy atom. The number of anilines is 3. The molecule has 148 valence electrons. The Hall–Kier alpha value is -4.20. The van der Waals surface area contributed by atoms with Gasteiger partial charge in [-0.2, -0.15) is 0 Å². The third-order valence-corrected chi connectivity index (χ3v) is 4.27. The lowest BCUT2D eigenvalue weighted by Crippen LogP contribution is -2.13. The standard InChI is InChI=1S/C22H17FN6O/c23-12-15-4-5-20(27-13-15)29-21-11-16(6-10-26-21)22(30)28-19-14-24-9-7-17(19)18-3-1-2-8-25-18/h1-11,13-14H,12H2,(H,28,30)(H,26,27,29). The van der Waals surface area contributed by atoms with Gasteiger partial charge in [-0.05, 0) is 36.4 Å². The minimum Gasteiger partial charge on any atom is -0.325 e. The Balaban J connectivity index is 1.53. The van der Waals surface area contributed by atoms with E-state index in [4.69, 9.17) is 0 Å². The second-order valence-electron chi connectivity index (χ2n) is 6.33. The van der Waals surface area contributed by atoms with Crippen molar-refractivity contribution in [2.45, 2.75) is 6.67 Å². The maximum absolute atomic E-state index is 12.8. The maximum Gasteiger partial charge on any atom is 0.255 e. The van der Waals surface area contributed by atoms with E-state index in [1.165, 1.54) is 12.4 Å². The summed E-state index contributed by atoms with van der Waals surface area (Å²) in [6.07, 6.45) is 7.89. The number of carbonyl (C=O) groups excluding carboxylic acids is 1. The number of pyridine rings is 4.